The summed E-state index contributed by atoms with van der Waals surface area (Å²) in [4.78, 5) is 0. The van der Waals surface area contributed by atoms with E-state index in [1.807, 2.05) is 0 Å². The predicted molar refractivity (Wildman–Crippen MR) is 119 cm³/mol. The van der Waals surface area contributed by atoms with Gasteiger partial charge in [0.2, 0.25) is 0 Å². The lowest BCUT2D eigenvalue weighted by atomic mass is 9.57. The van der Waals surface area contributed by atoms with E-state index in [9.17, 15) is 0 Å². The second-order valence-corrected chi connectivity index (χ2v) is 11.4. The summed E-state index contributed by atoms with van der Waals surface area (Å²) in [7, 11) is 0. The largest absolute Gasteiger partial charge is 0.316 e. The molecule has 1 fully saturated rings. The molecule has 0 radical (unpaired) electrons. The Morgan fingerprint density at radius 3 is 2.23 bits per heavy atom. The highest BCUT2D eigenvalue weighted by atomic mass is 14.9. The van der Waals surface area contributed by atoms with Crippen molar-refractivity contribution in [1.29, 1.82) is 0 Å². The Morgan fingerprint density at radius 2 is 1.62 bits per heavy atom. The third-order valence-electron chi connectivity index (χ3n) is 8.06. The quantitative estimate of drug-likeness (QED) is 0.473. The van der Waals surface area contributed by atoms with Gasteiger partial charge < -0.3 is 5.32 Å². The molecular formula is C25H51N. The van der Waals surface area contributed by atoms with Crippen LogP contribution in [0.1, 0.15) is 120 Å². The molecule has 1 N–H and O–H groups in total. The average Bonchev–Trinajstić information content (AvgIpc) is 2.58. The maximum absolute atomic E-state index is 3.74. The van der Waals surface area contributed by atoms with Gasteiger partial charge >= 0.3 is 0 Å². The highest BCUT2D eigenvalue weighted by molar-refractivity contribution is 4.93. The number of nitrogens with one attached hydrogen (secondary N) is 1. The van der Waals surface area contributed by atoms with Crippen LogP contribution in [-0.4, -0.2) is 13.1 Å². The van der Waals surface area contributed by atoms with Gasteiger partial charge in [0.1, 0.15) is 0 Å². The number of rotatable bonds is 6. The van der Waals surface area contributed by atoms with Crippen molar-refractivity contribution in [3.05, 3.63) is 0 Å². The Balaban J connectivity index is 2.73. The van der Waals surface area contributed by atoms with E-state index in [0.29, 0.717) is 16.2 Å². The topological polar surface area (TPSA) is 12.0 Å². The van der Waals surface area contributed by atoms with Crippen LogP contribution >= 0.6 is 0 Å². The van der Waals surface area contributed by atoms with Crippen LogP contribution in [0, 0.1) is 28.1 Å². The fourth-order valence-corrected chi connectivity index (χ4v) is 4.95. The van der Waals surface area contributed by atoms with Crippen molar-refractivity contribution in [3.8, 4) is 0 Å². The molecule has 0 aromatic rings. The van der Waals surface area contributed by atoms with Crippen molar-refractivity contribution in [3.63, 3.8) is 0 Å². The minimum atomic E-state index is 0.495. The maximum Gasteiger partial charge on any atom is -0.00206 e. The molecule has 1 aliphatic rings. The normalized spacial score (nSPS) is 35.1. The number of hydrogen-bond donors (Lipinski definition) is 1. The monoisotopic (exact) mass is 365 g/mol. The van der Waals surface area contributed by atoms with E-state index >= 15 is 0 Å². The smallest absolute Gasteiger partial charge is 0.00206 e. The Labute approximate surface area is 166 Å². The first-order valence-electron chi connectivity index (χ1n) is 11.7. The first kappa shape index (κ1) is 24.0. The zero-order valence-corrected chi connectivity index (χ0v) is 19.6. The summed E-state index contributed by atoms with van der Waals surface area (Å²) in [5.74, 6) is 1.64. The third-order valence-corrected chi connectivity index (χ3v) is 8.06. The van der Waals surface area contributed by atoms with Gasteiger partial charge in [-0.15, -0.1) is 0 Å². The number of unbranched alkanes of at least 4 members (excludes halogenated alkanes) is 2. The number of hydrogen-bond acceptors (Lipinski definition) is 1. The van der Waals surface area contributed by atoms with Crippen LogP contribution in [0.4, 0.5) is 0 Å². The summed E-state index contributed by atoms with van der Waals surface area (Å²) in [5, 5.41) is 3.74. The first-order chi connectivity index (χ1) is 12.0. The average molecular weight is 366 g/mol. The molecule has 1 aliphatic heterocycles. The van der Waals surface area contributed by atoms with Crippen molar-refractivity contribution in [2.45, 2.75) is 120 Å². The molecule has 1 nitrogen and oxygen atoms in total. The lowest BCUT2D eigenvalue weighted by Gasteiger charge is -2.48. The summed E-state index contributed by atoms with van der Waals surface area (Å²) in [6.07, 6.45) is 13.9. The van der Waals surface area contributed by atoms with Gasteiger partial charge in [-0.25, -0.2) is 0 Å². The van der Waals surface area contributed by atoms with Crippen LogP contribution in [-0.2, 0) is 0 Å². The van der Waals surface area contributed by atoms with Gasteiger partial charge in [0, 0.05) is 0 Å². The second kappa shape index (κ2) is 10.5. The highest BCUT2D eigenvalue weighted by Gasteiger charge is 2.42. The van der Waals surface area contributed by atoms with Crippen LogP contribution in [0.2, 0.25) is 0 Å². The van der Waals surface area contributed by atoms with Gasteiger partial charge in [-0.1, -0.05) is 81.1 Å². The van der Waals surface area contributed by atoms with Crippen LogP contribution < -0.4 is 5.32 Å². The maximum atomic E-state index is 3.74. The van der Waals surface area contributed by atoms with Crippen molar-refractivity contribution in [2.75, 3.05) is 13.1 Å². The van der Waals surface area contributed by atoms with Crippen molar-refractivity contribution >= 4 is 0 Å². The Morgan fingerprint density at radius 1 is 0.923 bits per heavy atom. The van der Waals surface area contributed by atoms with Gasteiger partial charge in [-0.3, -0.25) is 0 Å². The lowest BCUT2D eigenvalue weighted by molar-refractivity contribution is 0.0251. The Bertz CT molecular complexity index is 382. The molecule has 1 heterocycles. The fourth-order valence-electron chi connectivity index (χ4n) is 4.95. The molecule has 0 saturated carbocycles. The van der Waals surface area contributed by atoms with E-state index < -0.39 is 0 Å². The molecule has 1 heteroatoms. The molecule has 1 rings (SSSR count). The van der Waals surface area contributed by atoms with E-state index in [4.69, 9.17) is 0 Å². The van der Waals surface area contributed by atoms with E-state index in [1.54, 1.807) is 0 Å². The van der Waals surface area contributed by atoms with Gasteiger partial charge in [0.15, 0.2) is 0 Å². The highest BCUT2D eigenvalue weighted by Crippen LogP contribution is 2.52. The summed E-state index contributed by atoms with van der Waals surface area (Å²) < 4.78 is 0. The van der Waals surface area contributed by atoms with Crippen molar-refractivity contribution in [2.24, 2.45) is 28.1 Å². The molecule has 0 aliphatic carbocycles. The van der Waals surface area contributed by atoms with Crippen LogP contribution in [0.3, 0.4) is 0 Å². The summed E-state index contributed by atoms with van der Waals surface area (Å²) in [6.45, 7) is 22.1. The van der Waals surface area contributed by atoms with Gasteiger partial charge in [0.05, 0.1) is 0 Å². The summed E-state index contributed by atoms with van der Waals surface area (Å²) in [6, 6.07) is 0. The van der Waals surface area contributed by atoms with Crippen LogP contribution in [0.25, 0.3) is 0 Å². The Kier molecular flexibility index (Phi) is 9.68. The van der Waals surface area contributed by atoms with Crippen LogP contribution in [0.5, 0.6) is 0 Å². The molecule has 4 atom stereocenters. The van der Waals surface area contributed by atoms with Gasteiger partial charge in [-0.05, 0) is 79.7 Å². The SMILES string of the molecule is CC[C@@]1(C)CCC(C)C(C)CNCCCC1(C)CCCCCC(C)(C)C. The molecule has 0 amide bonds. The first-order valence-corrected chi connectivity index (χ1v) is 11.7. The van der Waals surface area contributed by atoms with E-state index in [1.165, 1.54) is 77.3 Å². The predicted octanol–water partition coefficient (Wildman–Crippen LogP) is 7.84. The second-order valence-electron chi connectivity index (χ2n) is 11.4. The van der Waals surface area contributed by atoms with Gasteiger partial charge in [0.25, 0.3) is 0 Å². The Hall–Kier alpha value is -0.0400. The molecule has 0 spiro atoms. The van der Waals surface area contributed by atoms with E-state index in [2.05, 4.69) is 60.7 Å². The van der Waals surface area contributed by atoms with Crippen molar-refractivity contribution in [1.82, 2.24) is 5.32 Å². The lowest BCUT2D eigenvalue weighted by Crippen LogP contribution is -2.38. The van der Waals surface area contributed by atoms with E-state index in [-0.39, 0.29) is 0 Å². The van der Waals surface area contributed by atoms with Crippen molar-refractivity contribution < 1.29 is 0 Å². The standard InChI is InChI=1S/C25H51N/c1-9-24(7)18-14-21(2)22(3)20-26-19-13-17-25(24,8)16-12-10-11-15-23(4,5)6/h21-22,26H,9-20H2,1-8H3/t21?,22?,24-,25?/m0/s1. The zero-order valence-electron chi connectivity index (χ0n) is 19.6. The van der Waals surface area contributed by atoms with Crippen LogP contribution in [0.15, 0.2) is 0 Å². The minimum Gasteiger partial charge on any atom is -0.316 e. The summed E-state index contributed by atoms with van der Waals surface area (Å²) >= 11 is 0. The molecule has 0 aromatic heterocycles. The summed E-state index contributed by atoms with van der Waals surface area (Å²) in [5.41, 5.74) is 1.49. The van der Waals surface area contributed by atoms with Gasteiger partial charge in [-0.2, -0.15) is 0 Å². The fraction of sp³-hybridized carbons (Fsp3) is 1.00. The molecule has 0 bridgehead atoms. The minimum absolute atomic E-state index is 0.495. The third kappa shape index (κ3) is 7.53. The molecule has 26 heavy (non-hydrogen) atoms. The molecule has 1 saturated heterocycles. The zero-order chi connectivity index (χ0) is 19.8. The molecular weight excluding hydrogens is 314 g/mol. The van der Waals surface area contributed by atoms with E-state index in [0.717, 1.165) is 11.8 Å². The molecule has 156 valence electrons. The molecule has 0 aromatic carbocycles. The molecule has 3 unspecified atom stereocenters.